The van der Waals surface area contributed by atoms with Gasteiger partial charge in [0.05, 0.1) is 16.8 Å². The standard InChI is InChI=1S/C21H23N3O3S/c1-14-9-17(28(2,25)26)3-4-18(14)19-10-16-11-20(27-21(16)12-23-19)15-5-7-24(13-22)8-6-15/h3-4,9-10,12,15,20H,5-8,11H2,1-2H3. The highest BCUT2D eigenvalue weighted by Crippen LogP contribution is 2.37. The van der Waals surface area contributed by atoms with E-state index in [0.717, 1.165) is 60.5 Å². The van der Waals surface area contributed by atoms with Crippen molar-refractivity contribution in [1.82, 2.24) is 9.88 Å². The second kappa shape index (κ2) is 7.10. The normalized spacial score (nSPS) is 19.8. The SMILES string of the molecule is Cc1cc(S(C)(=O)=O)ccc1-c1cc2c(cn1)OC(C1CCN(C#N)CC1)C2. The van der Waals surface area contributed by atoms with Crippen LogP contribution in [0.1, 0.15) is 24.0 Å². The molecule has 1 aromatic heterocycles. The lowest BCUT2D eigenvalue weighted by molar-refractivity contribution is 0.110. The third kappa shape index (κ3) is 3.57. The van der Waals surface area contributed by atoms with E-state index in [2.05, 4.69) is 17.2 Å². The lowest BCUT2D eigenvalue weighted by Crippen LogP contribution is -2.36. The molecule has 0 bridgehead atoms. The number of hydrogen-bond acceptors (Lipinski definition) is 6. The molecule has 2 aliphatic rings. The maximum atomic E-state index is 11.8. The minimum atomic E-state index is -3.22. The number of ether oxygens (including phenoxy) is 1. The molecular weight excluding hydrogens is 374 g/mol. The van der Waals surface area contributed by atoms with Crippen LogP contribution < -0.4 is 4.74 Å². The molecule has 0 spiro atoms. The predicted molar refractivity (Wildman–Crippen MR) is 106 cm³/mol. The lowest BCUT2D eigenvalue weighted by Gasteiger charge is -2.31. The number of benzene rings is 1. The van der Waals surface area contributed by atoms with Crippen molar-refractivity contribution in [1.29, 1.82) is 5.26 Å². The largest absolute Gasteiger partial charge is 0.488 e. The van der Waals surface area contributed by atoms with Crippen molar-refractivity contribution < 1.29 is 13.2 Å². The molecule has 28 heavy (non-hydrogen) atoms. The highest BCUT2D eigenvalue weighted by atomic mass is 32.2. The van der Waals surface area contributed by atoms with Gasteiger partial charge in [-0.1, -0.05) is 6.07 Å². The van der Waals surface area contributed by atoms with Gasteiger partial charge in [-0.3, -0.25) is 4.98 Å². The van der Waals surface area contributed by atoms with Crippen LogP contribution in [0.25, 0.3) is 11.3 Å². The van der Waals surface area contributed by atoms with Crippen molar-refractivity contribution >= 4 is 9.84 Å². The molecule has 6 nitrogen and oxygen atoms in total. The number of rotatable bonds is 3. The van der Waals surface area contributed by atoms with Crippen LogP contribution in [-0.4, -0.2) is 43.8 Å². The molecule has 0 saturated carbocycles. The van der Waals surface area contributed by atoms with E-state index in [1.165, 1.54) is 6.26 Å². The second-order valence-electron chi connectivity index (χ2n) is 7.71. The Kier molecular flexibility index (Phi) is 4.76. The van der Waals surface area contributed by atoms with Crippen LogP contribution in [0.4, 0.5) is 0 Å². The van der Waals surface area contributed by atoms with E-state index in [9.17, 15) is 8.42 Å². The molecule has 2 aromatic rings. The minimum Gasteiger partial charge on any atom is -0.488 e. The molecule has 0 radical (unpaired) electrons. The first kappa shape index (κ1) is 18.8. The fourth-order valence-electron chi connectivity index (χ4n) is 4.11. The zero-order valence-electron chi connectivity index (χ0n) is 16.1. The molecule has 0 aliphatic carbocycles. The smallest absolute Gasteiger partial charge is 0.179 e. The van der Waals surface area contributed by atoms with Gasteiger partial charge < -0.3 is 9.64 Å². The fourth-order valence-corrected chi connectivity index (χ4v) is 4.81. The highest BCUT2D eigenvalue weighted by Gasteiger charge is 2.33. The van der Waals surface area contributed by atoms with Gasteiger partial charge in [-0.15, -0.1) is 0 Å². The summed E-state index contributed by atoms with van der Waals surface area (Å²) >= 11 is 0. The van der Waals surface area contributed by atoms with Crippen molar-refractivity contribution in [3.63, 3.8) is 0 Å². The van der Waals surface area contributed by atoms with Crippen LogP contribution in [0.2, 0.25) is 0 Å². The summed E-state index contributed by atoms with van der Waals surface area (Å²) in [4.78, 5) is 6.68. The maximum Gasteiger partial charge on any atom is 0.179 e. The van der Waals surface area contributed by atoms with Crippen LogP contribution >= 0.6 is 0 Å². The summed E-state index contributed by atoms with van der Waals surface area (Å²) in [6.07, 6.45) is 8.15. The Balaban J connectivity index is 1.54. The molecule has 4 rings (SSSR count). The molecule has 0 N–H and O–H groups in total. The summed E-state index contributed by atoms with van der Waals surface area (Å²) < 4.78 is 29.7. The zero-order chi connectivity index (χ0) is 19.9. The fraction of sp³-hybridized carbons (Fsp3) is 0.429. The number of nitriles is 1. The Labute approximate surface area is 165 Å². The highest BCUT2D eigenvalue weighted by molar-refractivity contribution is 7.90. The van der Waals surface area contributed by atoms with Gasteiger partial charge in [0.1, 0.15) is 11.9 Å². The van der Waals surface area contributed by atoms with Crippen LogP contribution in [0.5, 0.6) is 5.75 Å². The van der Waals surface area contributed by atoms with Gasteiger partial charge in [0, 0.05) is 36.9 Å². The summed E-state index contributed by atoms with van der Waals surface area (Å²) in [6, 6.07) is 7.21. The molecule has 1 saturated heterocycles. The van der Waals surface area contributed by atoms with Gasteiger partial charge in [0.25, 0.3) is 0 Å². The van der Waals surface area contributed by atoms with Crippen LogP contribution in [0.15, 0.2) is 35.4 Å². The van der Waals surface area contributed by atoms with Gasteiger partial charge in [-0.05, 0) is 49.4 Å². The van der Waals surface area contributed by atoms with E-state index < -0.39 is 9.84 Å². The van der Waals surface area contributed by atoms with E-state index in [-0.39, 0.29) is 6.10 Å². The van der Waals surface area contributed by atoms with E-state index in [4.69, 9.17) is 10.00 Å². The monoisotopic (exact) mass is 397 g/mol. The number of aromatic nitrogens is 1. The summed E-state index contributed by atoms with van der Waals surface area (Å²) in [7, 11) is -3.22. The van der Waals surface area contributed by atoms with Gasteiger partial charge >= 0.3 is 0 Å². The first-order chi connectivity index (χ1) is 13.3. The van der Waals surface area contributed by atoms with Crippen LogP contribution in [0.3, 0.4) is 0 Å². The van der Waals surface area contributed by atoms with E-state index in [1.54, 1.807) is 23.2 Å². The van der Waals surface area contributed by atoms with Gasteiger partial charge in [0.2, 0.25) is 0 Å². The van der Waals surface area contributed by atoms with Crippen molar-refractivity contribution in [2.24, 2.45) is 5.92 Å². The number of piperidine rings is 1. The molecular formula is C21H23N3O3S. The van der Waals surface area contributed by atoms with Gasteiger partial charge in [0.15, 0.2) is 16.0 Å². The Hall–Kier alpha value is -2.59. The molecule has 3 heterocycles. The Morgan fingerprint density at radius 2 is 2.00 bits per heavy atom. The summed E-state index contributed by atoms with van der Waals surface area (Å²) in [6.45, 7) is 3.50. The first-order valence-corrected chi connectivity index (χ1v) is 11.4. The van der Waals surface area contributed by atoms with Crippen molar-refractivity contribution in [3.05, 3.63) is 41.6 Å². The Morgan fingerprint density at radius 3 is 2.64 bits per heavy atom. The van der Waals surface area contributed by atoms with Crippen LogP contribution in [-0.2, 0) is 16.3 Å². The minimum absolute atomic E-state index is 0.140. The average Bonchev–Trinajstić information content (AvgIpc) is 3.10. The molecule has 1 aromatic carbocycles. The molecule has 1 unspecified atom stereocenters. The Bertz CT molecular complexity index is 1050. The maximum absolute atomic E-state index is 11.8. The molecule has 1 fully saturated rings. The number of sulfone groups is 1. The quantitative estimate of drug-likeness (QED) is 0.741. The summed E-state index contributed by atoms with van der Waals surface area (Å²) in [5.74, 6) is 1.29. The van der Waals surface area contributed by atoms with Gasteiger partial charge in [-0.2, -0.15) is 5.26 Å². The first-order valence-electron chi connectivity index (χ1n) is 9.46. The van der Waals surface area contributed by atoms with Crippen molar-refractivity contribution in [2.45, 2.75) is 37.2 Å². The molecule has 146 valence electrons. The third-order valence-corrected chi connectivity index (χ3v) is 6.87. The zero-order valence-corrected chi connectivity index (χ0v) is 16.9. The predicted octanol–water partition coefficient (Wildman–Crippen LogP) is 2.96. The summed E-state index contributed by atoms with van der Waals surface area (Å²) in [5.41, 5.74) is 3.79. The molecule has 0 amide bonds. The number of aryl methyl sites for hydroxylation is 1. The number of pyridine rings is 1. The topological polar surface area (TPSA) is 83.3 Å². The van der Waals surface area contributed by atoms with Crippen molar-refractivity contribution in [2.75, 3.05) is 19.3 Å². The molecule has 1 atom stereocenters. The van der Waals surface area contributed by atoms with Crippen molar-refractivity contribution in [3.8, 4) is 23.2 Å². The number of nitrogens with zero attached hydrogens (tertiary/aromatic N) is 3. The van der Waals surface area contributed by atoms with E-state index in [0.29, 0.717) is 10.8 Å². The summed E-state index contributed by atoms with van der Waals surface area (Å²) in [5, 5.41) is 9.01. The Morgan fingerprint density at radius 1 is 1.25 bits per heavy atom. The lowest BCUT2D eigenvalue weighted by atomic mass is 9.89. The average molecular weight is 398 g/mol. The van der Waals surface area contributed by atoms with E-state index >= 15 is 0 Å². The number of hydrogen-bond donors (Lipinski definition) is 0. The third-order valence-electron chi connectivity index (χ3n) is 5.76. The van der Waals surface area contributed by atoms with Crippen LogP contribution in [0, 0.1) is 24.3 Å². The number of likely N-dealkylation sites (tertiary alicyclic amines) is 1. The van der Waals surface area contributed by atoms with Gasteiger partial charge in [-0.25, -0.2) is 8.42 Å². The second-order valence-corrected chi connectivity index (χ2v) is 9.73. The molecule has 7 heteroatoms. The van der Waals surface area contributed by atoms with E-state index in [1.807, 2.05) is 13.0 Å². The molecule has 2 aliphatic heterocycles. The number of fused-ring (bicyclic) bond motifs is 1.